The number of nitrogens with zero attached hydrogens (tertiary/aromatic N) is 1. The predicted octanol–water partition coefficient (Wildman–Crippen LogP) is 3.73. The average molecular weight is 407 g/mol. The van der Waals surface area contributed by atoms with Crippen molar-refractivity contribution in [1.82, 2.24) is 9.62 Å². The van der Waals surface area contributed by atoms with Crippen LogP contribution in [0.4, 0.5) is 0 Å². The lowest BCUT2D eigenvalue weighted by Crippen LogP contribution is -2.44. The van der Waals surface area contributed by atoms with E-state index >= 15 is 0 Å². The van der Waals surface area contributed by atoms with E-state index in [4.69, 9.17) is 0 Å². The highest BCUT2D eigenvalue weighted by atomic mass is 32.2. The molecule has 1 aliphatic rings. The first-order valence-corrected chi connectivity index (χ1v) is 11.6. The minimum atomic E-state index is -3.44. The van der Waals surface area contributed by atoms with E-state index in [1.165, 1.54) is 11.3 Å². The third-order valence-corrected chi connectivity index (χ3v) is 8.20. The second-order valence-corrected chi connectivity index (χ2v) is 10.2. The minimum absolute atomic E-state index is 0.0644. The zero-order valence-electron chi connectivity index (χ0n) is 15.8. The van der Waals surface area contributed by atoms with Gasteiger partial charge in [0.15, 0.2) is 0 Å². The lowest BCUT2D eigenvalue weighted by molar-refractivity contribution is 0.0949. The molecule has 3 rings (SSSR count). The van der Waals surface area contributed by atoms with Gasteiger partial charge in [0.05, 0.1) is 0 Å². The van der Waals surface area contributed by atoms with Crippen LogP contribution in [0.2, 0.25) is 0 Å². The molecule has 1 saturated heterocycles. The number of amides is 1. The maximum atomic E-state index is 12.9. The maximum absolute atomic E-state index is 12.9. The van der Waals surface area contributed by atoms with E-state index in [1.54, 1.807) is 21.8 Å². The predicted molar refractivity (Wildman–Crippen MR) is 109 cm³/mol. The molecule has 2 aromatic rings. The smallest absolute Gasteiger partial charge is 0.252 e. The zero-order chi connectivity index (χ0) is 19.4. The van der Waals surface area contributed by atoms with Gasteiger partial charge in [-0.15, -0.1) is 11.3 Å². The van der Waals surface area contributed by atoms with Crippen LogP contribution in [0.15, 0.2) is 39.9 Å². The van der Waals surface area contributed by atoms with Crippen LogP contribution >= 0.6 is 11.3 Å². The van der Waals surface area contributed by atoms with Crippen molar-refractivity contribution in [2.24, 2.45) is 0 Å². The number of hydrogen-bond donors (Lipinski definition) is 1. The van der Waals surface area contributed by atoms with E-state index in [0.717, 1.165) is 30.4 Å². The van der Waals surface area contributed by atoms with Gasteiger partial charge in [0.2, 0.25) is 0 Å². The summed E-state index contributed by atoms with van der Waals surface area (Å²) < 4.78 is 27.8. The van der Waals surface area contributed by atoms with Crippen molar-refractivity contribution < 1.29 is 13.2 Å². The molecule has 1 unspecified atom stereocenters. The van der Waals surface area contributed by atoms with E-state index in [0.29, 0.717) is 29.3 Å². The van der Waals surface area contributed by atoms with Crippen LogP contribution in [-0.2, 0) is 10.0 Å². The molecule has 1 aromatic carbocycles. The van der Waals surface area contributed by atoms with Crippen molar-refractivity contribution in [2.45, 2.75) is 49.8 Å². The van der Waals surface area contributed by atoms with Crippen LogP contribution < -0.4 is 5.32 Å². The SMILES string of the molecule is Cc1cc(C)cc(C(=O)NCCC2CCCCN2S(=O)(=O)c2cccs2)c1. The zero-order valence-corrected chi connectivity index (χ0v) is 17.4. The van der Waals surface area contributed by atoms with Gasteiger partial charge in [-0.1, -0.05) is 29.7 Å². The Morgan fingerprint density at radius 2 is 1.96 bits per heavy atom. The fourth-order valence-electron chi connectivity index (χ4n) is 3.66. The number of sulfonamides is 1. The van der Waals surface area contributed by atoms with Crippen molar-refractivity contribution >= 4 is 27.3 Å². The van der Waals surface area contributed by atoms with Crippen molar-refractivity contribution in [3.05, 3.63) is 52.4 Å². The summed E-state index contributed by atoms with van der Waals surface area (Å²) in [5.41, 5.74) is 2.76. The number of piperidine rings is 1. The van der Waals surface area contributed by atoms with Crippen molar-refractivity contribution in [3.63, 3.8) is 0 Å². The standard InChI is InChI=1S/C20H26N2O3S2/c1-15-12-16(2)14-17(13-15)20(23)21-9-8-18-6-3-4-10-22(18)27(24,25)19-7-5-11-26-19/h5,7,11-14,18H,3-4,6,8-10H2,1-2H3,(H,21,23). The van der Waals surface area contributed by atoms with Crippen molar-refractivity contribution in [1.29, 1.82) is 0 Å². The normalized spacial score (nSPS) is 18.4. The first-order valence-electron chi connectivity index (χ1n) is 9.30. The number of aryl methyl sites for hydroxylation is 2. The topological polar surface area (TPSA) is 66.5 Å². The molecule has 0 saturated carbocycles. The Morgan fingerprint density at radius 3 is 2.63 bits per heavy atom. The van der Waals surface area contributed by atoms with E-state index in [-0.39, 0.29) is 11.9 Å². The Morgan fingerprint density at radius 1 is 1.22 bits per heavy atom. The lowest BCUT2D eigenvalue weighted by Gasteiger charge is -2.34. The third kappa shape index (κ3) is 4.78. The van der Waals surface area contributed by atoms with Crippen LogP contribution in [-0.4, -0.2) is 37.8 Å². The fraction of sp³-hybridized carbons (Fsp3) is 0.450. The van der Waals surface area contributed by atoms with Crippen LogP contribution in [0, 0.1) is 13.8 Å². The van der Waals surface area contributed by atoms with Gasteiger partial charge >= 0.3 is 0 Å². The van der Waals surface area contributed by atoms with Gasteiger partial charge in [-0.05, 0) is 56.7 Å². The lowest BCUT2D eigenvalue weighted by atomic mass is 10.0. The molecule has 0 aliphatic carbocycles. The van der Waals surface area contributed by atoms with Gasteiger partial charge in [-0.25, -0.2) is 8.42 Å². The third-order valence-electron chi connectivity index (χ3n) is 4.88. The molecule has 2 heterocycles. The summed E-state index contributed by atoms with van der Waals surface area (Å²) in [5.74, 6) is -0.106. The second-order valence-electron chi connectivity index (χ2n) is 7.12. The number of hydrogen-bond acceptors (Lipinski definition) is 4. The first-order chi connectivity index (χ1) is 12.9. The van der Waals surface area contributed by atoms with E-state index in [9.17, 15) is 13.2 Å². The molecule has 7 heteroatoms. The molecular weight excluding hydrogens is 380 g/mol. The van der Waals surface area contributed by atoms with Gasteiger partial charge in [0.1, 0.15) is 4.21 Å². The first kappa shape index (κ1) is 20.0. The van der Waals surface area contributed by atoms with Gasteiger partial charge in [0.25, 0.3) is 15.9 Å². The second kappa shape index (κ2) is 8.54. The molecular formula is C20H26N2O3S2. The summed E-state index contributed by atoms with van der Waals surface area (Å²) in [4.78, 5) is 12.4. The number of carbonyl (C=O) groups is 1. The monoisotopic (exact) mass is 406 g/mol. The van der Waals surface area contributed by atoms with Gasteiger partial charge in [-0.3, -0.25) is 4.79 Å². The van der Waals surface area contributed by atoms with Crippen LogP contribution in [0.1, 0.15) is 47.2 Å². The molecule has 0 radical (unpaired) electrons. The molecule has 1 aliphatic heterocycles. The number of carbonyl (C=O) groups excluding carboxylic acids is 1. The Hall–Kier alpha value is -1.70. The maximum Gasteiger partial charge on any atom is 0.252 e. The Kier molecular flexibility index (Phi) is 6.34. The summed E-state index contributed by atoms with van der Waals surface area (Å²) in [6, 6.07) is 9.14. The number of benzene rings is 1. The summed E-state index contributed by atoms with van der Waals surface area (Å²) in [6.45, 7) is 4.96. The highest BCUT2D eigenvalue weighted by Gasteiger charge is 2.33. The highest BCUT2D eigenvalue weighted by Crippen LogP contribution is 2.29. The summed E-state index contributed by atoms with van der Waals surface area (Å²) >= 11 is 1.25. The summed E-state index contributed by atoms with van der Waals surface area (Å²) in [6.07, 6.45) is 3.37. The molecule has 0 bridgehead atoms. The van der Waals surface area contributed by atoms with Crippen molar-refractivity contribution in [3.8, 4) is 0 Å². The Labute approximate surface area is 165 Å². The molecule has 1 amide bonds. The average Bonchev–Trinajstić information content (AvgIpc) is 3.16. The van der Waals surface area contributed by atoms with Gasteiger partial charge < -0.3 is 5.32 Å². The Balaban J connectivity index is 1.63. The largest absolute Gasteiger partial charge is 0.352 e. The quantitative estimate of drug-likeness (QED) is 0.795. The number of nitrogens with one attached hydrogen (secondary N) is 1. The fourth-order valence-corrected chi connectivity index (χ4v) is 6.51. The van der Waals surface area contributed by atoms with Crippen LogP contribution in [0.25, 0.3) is 0 Å². The molecule has 1 atom stereocenters. The van der Waals surface area contributed by atoms with Crippen LogP contribution in [0.3, 0.4) is 0 Å². The van der Waals surface area contributed by atoms with Gasteiger partial charge in [-0.2, -0.15) is 4.31 Å². The molecule has 1 aromatic heterocycles. The number of rotatable bonds is 6. The molecule has 1 fully saturated rings. The molecule has 146 valence electrons. The summed E-state index contributed by atoms with van der Waals surface area (Å²) in [7, 11) is -3.44. The van der Waals surface area contributed by atoms with Gasteiger partial charge in [0, 0.05) is 24.7 Å². The summed E-state index contributed by atoms with van der Waals surface area (Å²) in [5, 5.41) is 4.74. The van der Waals surface area contributed by atoms with E-state index < -0.39 is 10.0 Å². The van der Waals surface area contributed by atoms with E-state index in [1.807, 2.05) is 32.0 Å². The highest BCUT2D eigenvalue weighted by molar-refractivity contribution is 7.91. The molecule has 27 heavy (non-hydrogen) atoms. The molecule has 1 N–H and O–H groups in total. The van der Waals surface area contributed by atoms with Crippen LogP contribution in [0.5, 0.6) is 0 Å². The van der Waals surface area contributed by atoms with Crippen molar-refractivity contribution in [2.75, 3.05) is 13.1 Å². The Bertz CT molecular complexity index is 872. The number of thiophene rings is 1. The minimum Gasteiger partial charge on any atom is -0.352 e. The molecule has 0 spiro atoms. The van der Waals surface area contributed by atoms with E-state index in [2.05, 4.69) is 5.32 Å². The molecule has 5 nitrogen and oxygen atoms in total.